The molecule has 0 spiro atoms. The minimum Gasteiger partial charge on any atom is -0.497 e. The Hall–Kier alpha value is -4.63. The third-order valence-electron chi connectivity index (χ3n) is 5.33. The fourth-order valence-electron chi connectivity index (χ4n) is 3.36. The second-order valence-corrected chi connectivity index (χ2v) is 9.80. The quantitative estimate of drug-likeness (QED) is 0.216. The first-order chi connectivity index (χ1) is 18.0. The predicted octanol–water partition coefficient (Wildman–Crippen LogP) is 5.43. The van der Waals surface area contributed by atoms with E-state index in [2.05, 4.69) is 21.1 Å². The number of rotatable bonds is 10. The number of hydrazone groups is 2. The standard InChI is InChI=1S/C28H26N4O4S/c1-35-25-7-3-5-21(17-25)19-29-31-23-9-13-27(14-10-23)37(33,34)28-15-11-24(12-16-28)32-30-20-22-6-4-8-26(18-22)36-2/h3-20,31-32H,1-2H3/b29-19+,30-20?. The molecular weight excluding hydrogens is 488 g/mol. The molecule has 4 rings (SSSR count). The first-order valence-electron chi connectivity index (χ1n) is 11.3. The number of benzene rings is 4. The lowest BCUT2D eigenvalue weighted by Crippen LogP contribution is -2.02. The molecule has 9 heteroatoms. The molecule has 0 saturated carbocycles. The Balaban J connectivity index is 1.37. The molecule has 188 valence electrons. The van der Waals surface area contributed by atoms with Crippen LogP contribution in [0.2, 0.25) is 0 Å². The molecule has 0 fully saturated rings. The summed E-state index contributed by atoms with van der Waals surface area (Å²) < 4.78 is 36.5. The summed E-state index contributed by atoms with van der Waals surface area (Å²) in [6.45, 7) is 0. The van der Waals surface area contributed by atoms with Gasteiger partial charge in [-0.15, -0.1) is 0 Å². The van der Waals surface area contributed by atoms with Crippen LogP contribution in [0.3, 0.4) is 0 Å². The molecule has 0 amide bonds. The molecule has 0 aliphatic carbocycles. The lowest BCUT2D eigenvalue weighted by Gasteiger charge is -2.07. The van der Waals surface area contributed by atoms with E-state index in [0.717, 1.165) is 22.6 Å². The van der Waals surface area contributed by atoms with Gasteiger partial charge in [0, 0.05) is 0 Å². The number of hydrogen-bond donors (Lipinski definition) is 2. The van der Waals surface area contributed by atoms with Crippen LogP contribution in [0.5, 0.6) is 11.5 Å². The molecule has 0 aliphatic heterocycles. The molecule has 8 nitrogen and oxygen atoms in total. The minimum absolute atomic E-state index is 0.187. The monoisotopic (exact) mass is 514 g/mol. The normalized spacial score (nSPS) is 11.5. The molecule has 4 aromatic rings. The lowest BCUT2D eigenvalue weighted by molar-refractivity contribution is 0.414. The summed E-state index contributed by atoms with van der Waals surface area (Å²) in [6, 6.07) is 27.8. The average molecular weight is 515 g/mol. The first-order valence-corrected chi connectivity index (χ1v) is 12.8. The van der Waals surface area contributed by atoms with Crippen molar-refractivity contribution in [3.63, 3.8) is 0 Å². The molecule has 0 atom stereocenters. The van der Waals surface area contributed by atoms with E-state index in [1.54, 1.807) is 75.2 Å². The van der Waals surface area contributed by atoms with Crippen molar-refractivity contribution in [2.75, 3.05) is 25.1 Å². The lowest BCUT2D eigenvalue weighted by atomic mass is 10.2. The molecule has 0 aromatic heterocycles. The van der Waals surface area contributed by atoms with Gasteiger partial charge >= 0.3 is 0 Å². The Morgan fingerprint density at radius 1 is 0.622 bits per heavy atom. The van der Waals surface area contributed by atoms with E-state index in [1.165, 1.54) is 0 Å². The van der Waals surface area contributed by atoms with Crippen LogP contribution < -0.4 is 20.3 Å². The van der Waals surface area contributed by atoms with Crippen LogP contribution in [0, 0.1) is 0 Å². The third-order valence-corrected chi connectivity index (χ3v) is 7.12. The molecule has 0 saturated heterocycles. The van der Waals surface area contributed by atoms with Crippen molar-refractivity contribution in [1.29, 1.82) is 0 Å². The number of nitrogens with zero attached hydrogens (tertiary/aromatic N) is 2. The Morgan fingerprint density at radius 2 is 1.03 bits per heavy atom. The molecule has 0 aliphatic rings. The van der Waals surface area contributed by atoms with Gasteiger partial charge in [-0.1, -0.05) is 24.3 Å². The van der Waals surface area contributed by atoms with Gasteiger partial charge in [0.15, 0.2) is 0 Å². The highest BCUT2D eigenvalue weighted by Crippen LogP contribution is 2.24. The van der Waals surface area contributed by atoms with E-state index in [4.69, 9.17) is 9.47 Å². The van der Waals surface area contributed by atoms with E-state index in [-0.39, 0.29) is 9.79 Å². The number of anilines is 2. The maximum Gasteiger partial charge on any atom is 0.206 e. The Kier molecular flexibility index (Phi) is 8.17. The summed E-state index contributed by atoms with van der Waals surface area (Å²) in [5, 5.41) is 8.39. The molecular formula is C28H26N4O4S. The van der Waals surface area contributed by atoms with Gasteiger partial charge in [0.25, 0.3) is 0 Å². The predicted molar refractivity (Wildman–Crippen MR) is 147 cm³/mol. The topological polar surface area (TPSA) is 101 Å². The van der Waals surface area contributed by atoms with E-state index in [9.17, 15) is 8.42 Å². The maximum atomic E-state index is 13.1. The summed E-state index contributed by atoms with van der Waals surface area (Å²) in [6.07, 6.45) is 3.31. The summed E-state index contributed by atoms with van der Waals surface area (Å²) in [7, 11) is -0.462. The van der Waals surface area contributed by atoms with Gasteiger partial charge in [-0.25, -0.2) is 8.42 Å². The van der Waals surface area contributed by atoms with E-state index < -0.39 is 9.84 Å². The highest BCUT2D eigenvalue weighted by atomic mass is 32.2. The van der Waals surface area contributed by atoms with Gasteiger partial charge in [0.1, 0.15) is 11.5 Å². The Labute approximate surface area is 216 Å². The smallest absolute Gasteiger partial charge is 0.206 e. The van der Waals surface area contributed by atoms with Gasteiger partial charge in [0.2, 0.25) is 9.84 Å². The molecule has 2 N–H and O–H groups in total. The van der Waals surface area contributed by atoms with Gasteiger partial charge in [-0.05, 0) is 83.9 Å². The highest BCUT2D eigenvalue weighted by molar-refractivity contribution is 7.91. The molecule has 0 heterocycles. The fourth-order valence-corrected chi connectivity index (χ4v) is 4.62. The largest absolute Gasteiger partial charge is 0.497 e. The van der Waals surface area contributed by atoms with Crippen molar-refractivity contribution in [3.05, 3.63) is 108 Å². The van der Waals surface area contributed by atoms with Crippen LogP contribution in [0.1, 0.15) is 11.1 Å². The summed E-state index contributed by atoms with van der Waals surface area (Å²) in [5.74, 6) is 1.48. The molecule has 0 radical (unpaired) electrons. The highest BCUT2D eigenvalue weighted by Gasteiger charge is 2.17. The van der Waals surface area contributed by atoms with Crippen molar-refractivity contribution in [2.45, 2.75) is 9.79 Å². The van der Waals surface area contributed by atoms with Crippen LogP contribution in [-0.4, -0.2) is 35.1 Å². The van der Waals surface area contributed by atoms with Crippen LogP contribution in [0.25, 0.3) is 0 Å². The minimum atomic E-state index is -3.68. The number of sulfone groups is 1. The van der Waals surface area contributed by atoms with Crippen molar-refractivity contribution in [2.24, 2.45) is 10.2 Å². The SMILES string of the molecule is COc1cccc(C=NNc2ccc(S(=O)(=O)c3ccc(N/N=C/c4cccc(OC)c4)cc3)cc2)c1. The van der Waals surface area contributed by atoms with Crippen LogP contribution in [-0.2, 0) is 9.84 Å². The van der Waals surface area contributed by atoms with Gasteiger partial charge < -0.3 is 9.47 Å². The third kappa shape index (κ3) is 6.74. The number of hydrogen-bond acceptors (Lipinski definition) is 8. The zero-order valence-corrected chi connectivity index (χ0v) is 21.1. The van der Waals surface area contributed by atoms with Crippen molar-refractivity contribution in [1.82, 2.24) is 0 Å². The Morgan fingerprint density at radius 3 is 1.41 bits per heavy atom. The number of methoxy groups -OCH3 is 2. The van der Waals surface area contributed by atoms with E-state index >= 15 is 0 Å². The van der Waals surface area contributed by atoms with Gasteiger partial charge in [-0.3, -0.25) is 10.9 Å². The van der Waals surface area contributed by atoms with Crippen molar-refractivity contribution >= 4 is 33.6 Å². The maximum absolute atomic E-state index is 13.1. The van der Waals surface area contributed by atoms with Crippen LogP contribution in [0.15, 0.2) is 117 Å². The van der Waals surface area contributed by atoms with Gasteiger partial charge in [0.05, 0.1) is 47.8 Å². The molecule has 37 heavy (non-hydrogen) atoms. The number of ether oxygens (including phenoxy) is 2. The second-order valence-electron chi connectivity index (χ2n) is 7.85. The second kappa shape index (κ2) is 11.9. The zero-order valence-electron chi connectivity index (χ0n) is 20.3. The molecule has 0 unspecified atom stereocenters. The Bertz CT molecular complexity index is 1390. The first kappa shape index (κ1) is 25.5. The van der Waals surface area contributed by atoms with Gasteiger partial charge in [-0.2, -0.15) is 10.2 Å². The summed E-state index contributed by atoms with van der Waals surface area (Å²) in [5.41, 5.74) is 8.86. The summed E-state index contributed by atoms with van der Waals surface area (Å²) in [4.78, 5) is 0.373. The summed E-state index contributed by atoms with van der Waals surface area (Å²) >= 11 is 0. The van der Waals surface area contributed by atoms with Crippen LogP contribution in [0.4, 0.5) is 11.4 Å². The fraction of sp³-hybridized carbons (Fsp3) is 0.0714. The van der Waals surface area contributed by atoms with Crippen molar-refractivity contribution < 1.29 is 17.9 Å². The zero-order chi connectivity index (χ0) is 26.1. The average Bonchev–Trinajstić information content (AvgIpc) is 2.94. The molecule has 0 bridgehead atoms. The van der Waals surface area contributed by atoms with Crippen molar-refractivity contribution in [3.8, 4) is 11.5 Å². The van der Waals surface area contributed by atoms with E-state index in [1.807, 2.05) is 48.5 Å². The molecule has 4 aromatic carbocycles. The van der Waals surface area contributed by atoms with Crippen LogP contribution >= 0.6 is 0 Å². The van der Waals surface area contributed by atoms with E-state index in [0.29, 0.717) is 11.4 Å². The number of nitrogens with one attached hydrogen (secondary N) is 2.